The second-order valence-corrected chi connectivity index (χ2v) is 13.4. The number of aliphatic hydroxyl groups excluding tert-OH is 1. The smallest absolute Gasteiger partial charge is 0.373 e. The molecule has 6 rings (SSSR count). The average Bonchev–Trinajstić information content (AvgIpc) is 3.36. The van der Waals surface area contributed by atoms with Gasteiger partial charge in [-0.25, -0.2) is 4.39 Å². The summed E-state index contributed by atoms with van der Waals surface area (Å²) in [4.78, 5) is 16.7. The van der Waals surface area contributed by atoms with Gasteiger partial charge in [-0.2, -0.15) is 26.3 Å². The van der Waals surface area contributed by atoms with Crippen molar-refractivity contribution in [3.8, 4) is 0 Å². The highest BCUT2D eigenvalue weighted by Gasteiger charge is 2.51. The lowest BCUT2D eigenvalue weighted by Gasteiger charge is -2.41. The maximum absolute atomic E-state index is 14.3. The molecular formula is C37H37F7N2O3. The molecule has 1 saturated carbocycles. The third kappa shape index (κ3) is 7.56. The number of nitrogens with zero attached hydrogens (tertiary/aromatic N) is 2. The topological polar surface area (TPSA) is 53.0 Å². The zero-order chi connectivity index (χ0) is 35.2. The number of rotatable bonds is 7. The lowest BCUT2D eigenvalue weighted by atomic mass is 9.68. The first kappa shape index (κ1) is 35.1. The van der Waals surface area contributed by atoms with Crippen LogP contribution in [0.5, 0.6) is 0 Å². The second kappa shape index (κ2) is 13.5. The number of aryl methyl sites for hydroxylation is 1. The minimum Gasteiger partial charge on any atom is -0.373 e. The Morgan fingerprint density at radius 1 is 0.898 bits per heavy atom. The van der Waals surface area contributed by atoms with Crippen LogP contribution in [0.1, 0.15) is 65.2 Å². The molecular weight excluding hydrogens is 653 g/mol. The van der Waals surface area contributed by atoms with Gasteiger partial charge in [0, 0.05) is 43.2 Å². The quantitative estimate of drug-likeness (QED) is 0.255. The van der Waals surface area contributed by atoms with E-state index in [2.05, 4.69) is 0 Å². The van der Waals surface area contributed by atoms with Crippen molar-refractivity contribution in [2.45, 2.75) is 69.9 Å². The van der Waals surface area contributed by atoms with Crippen molar-refractivity contribution >= 4 is 5.78 Å². The van der Waals surface area contributed by atoms with Crippen molar-refractivity contribution in [1.82, 2.24) is 9.80 Å². The van der Waals surface area contributed by atoms with Crippen molar-refractivity contribution in [3.63, 3.8) is 0 Å². The molecule has 5 nitrogen and oxygen atoms in total. The number of benzene rings is 3. The molecule has 0 bridgehead atoms. The van der Waals surface area contributed by atoms with Crippen LogP contribution in [-0.4, -0.2) is 52.7 Å². The minimum absolute atomic E-state index is 0.0896. The molecule has 2 heterocycles. The first-order valence-electron chi connectivity index (χ1n) is 16.2. The lowest BCUT2D eigenvalue weighted by molar-refractivity contribution is -0.143. The molecule has 49 heavy (non-hydrogen) atoms. The Balaban J connectivity index is 1.30. The molecule has 0 aromatic heterocycles. The molecule has 0 spiro atoms. The van der Waals surface area contributed by atoms with Crippen LogP contribution in [-0.2, 0) is 28.4 Å². The molecule has 2 fully saturated rings. The highest BCUT2D eigenvalue weighted by molar-refractivity contribution is 5.92. The van der Waals surface area contributed by atoms with Gasteiger partial charge in [-0.15, -0.1) is 0 Å². The summed E-state index contributed by atoms with van der Waals surface area (Å²) >= 11 is 0. The number of halogens is 7. The number of hydrogen-bond acceptors (Lipinski definition) is 5. The Hall–Kier alpha value is -3.74. The van der Waals surface area contributed by atoms with Crippen molar-refractivity contribution in [3.05, 3.63) is 118 Å². The van der Waals surface area contributed by atoms with Gasteiger partial charge < -0.3 is 14.7 Å². The molecule has 0 radical (unpaired) electrons. The van der Waals surface area contributed by atoms with Crippen LogP contribution in [0.2, 0.25) is 0 Å². The van der Waals surface area contributed by atoms with Gasteiger partial charge in [0.05, 0.1) is 29.9 Å². The predicted octanol–water partition coefficient (Wildman–Crippen LogP) is 8.03. The summed E-state index contributed by atoms with van der Waals surface area (Å²) in [6.45, 7) is 4.67. The van der Waals surface area contributed by atoms with E-state index >= 15 is 0 Å². The molecule has 12 heteroatoms. The van der Waals surface area contributed by atoms with Gasteiger partial charge >= 0.3 is 12.4 Å². The fourth-order valence-corrected chi connectivity index (χ4v) is 7.83. The van der Waals surface area contributed by atoms with E-state index in [-0.39, 0.29) is 35.8 Å². The Morgan fingerprint density at radius 2 is 1.57 bits per heavy atom. The highest BCUT2D eigenvalue weighted by atomic mass is 19.4. The first-order chi connectivity index (χ1) is 23.1. The van der Waals surface area contributed by atoms with E-state index in [1.54, 1.807) is 19.1 Å². The molecule has 2 aliphatic heterocycles. The largest absolute Gasteiger partial charge is 0.416 e. The van der Waals surface area contributed by atoms with E-state index in [0.717, 1.165) is 11.1 Å². The summed E-state index contributed by atoms with van der Waals surface area (Å²) in [6.07, 6.45) is -10.4. The van der Waals surface area contributed by atoms with Crippen LogP contribution in [0.15, 0.2) is 78.5 Å². The number of aliphatic hydroxyl groups is 1. The Bertz CT molecular complexity index is 1680. The highest BCUT2D eigenvalue weighted by Crippen LogP contribution is 2.51. The van der Waals surface area contributed by atoms with Crippen LogP contribution in [0.3, 0.4) is 0 Å². The van der Waals surface area contributed by atoms with E-state index in [4.69, 9.17) is 4.74 Å². The summed E-state index contributed by atoms with van der Waals surface area (Å²) in [5, 5.41) is 11.7. The molecule has 262 valence electrons. The van der Waals surface area contributed by atoms with E-state index < -0.39 is 53.7 Å². The standard InChI is InChI=1S/C37H37F7N2O3/c1-21-12-27(38)8-9-30(21)34-32-20-46(28-16-29(47)19-45(18-28)17-23-6-4-3-5-7-23)35(48)31(32)10-11-33(34)49-22(2)24-13-25(36(39,40)41)15-26(14-24)37(42,43)44/h3-9,12-16,22,31-35,48H,10-11,17-20H2,1-2H3/t22-,31+,32-,33+,34+,35?/m1/s1. The van der Waals surface area contributed by atoms with Crippen LogP contribution < -0.4 is 0 Å². The summed E-state index contributed by atoms with van der Waals surface area (Å²) in [5.74, 6) is -1.59. The third-order valence-corrected chi connectivity index (χ3v) is 10.1. The summed E-state index contributed by atoms with van der Waals surface area (Å²) in [6, 6.07) is 15.5. The number of alkyl halides is 6. The molecule has 0 amide bonds. The van der Waals surface area contributed by atoms with E-state index in [1.165, 1.54) is 19.1 Å². The number of carbonyl (C=O) groups excluding carboxylic acids is 1. The number of carbonyl (C=O) groups is 1. The molecule has 1 saturated heterocycles. The monoisotopic (exact) mass is 690 g/mol. The van der Waals surface area contributed by atoms with Gasteiger partial charge in [-0.3, -0.25) is 9.69 Å². The molecule has 3 aromatic carbocycles. The van der Waals surface area contributed by atoms with E-state index in [1.807, 2.05) is 40.1 Å². The summed E-state index contributed by atoms with van der Waals surface area (Å²) in [5.41, 5.74) is -0.0750. The van der Waals surface area contributed by atoms with Gasteiger partial charge in [0.2, 0.25) is 0 Å². The molecule has 1 unspecified atom stereocenters. The molecule has 1 N–H and O–H groups in total. The Morgan fingerprint density at radius 3 is 2.20 bits per heavy atom. The number of likely N-dealkylation sites (tertiary alicyclic amines) is 1. The fourth-order valence-electron chi connectivity index (χ4n) is 7.83. The minimum atomic E-state index is -5.00. The molecule has 1 aliphatic carbocycles. The van der Waals surface area contributed by atoms with Crippen LogP contribution in [0.25, 0.3) is 0 Å². The lowest BCUT2D eigenvalue weighted by Crippen LogP contribution is -2.42. The third-order valence-electron chi connectivity index (χ3n) is 10.1. The Labute approximate surface area is 280 Å². The second-order valence-electron chi connectivity index (χ2n) is 13.4. The number of ether oxygens (including phenoxy) is 1. The van der Waals surface area contributed by atoms with Crippen molar-refractivity contribution in [2.24, 2.45) is 11.8 Å². The average molecular weight is 691 g/mol. The van der Waals surface area contributed by atoms with E-state index in [9.17, 15) is 40.6 Å². The van der Waals surface area contributed by atoms with Crippen LogP contribution >= 0.6 is 0 Å². The maximum atomic E-state index is 14.3. The van der Waals surface area contributed by atoms with Gasteiger partial charge in [0.15, 0.2) is 5.78 Å². The normalized spacial score (nSPS) is 25.7. The Kier molecular flexibility index (Phi) is 9.69. The van der Waals surface area contributed by atoms with Gasteiger partial charge in [-0.05, 0) is 85.2 Å². The van der Waals surface area contributed by atoms with E-state index in [0.29, 0.717) is 55.9 Å². The van der Waals surface area contributed by atoms with Crippen LogP contribution in [0.4, 0.5) is 30.7 Å². The molecule has 6 atom stereocenters. The number of fused-ring (bicyclic) bond motifs is 1. The zero-order valence-corrected chi connectivity index (χ0v) is 26.9. The van der Waals surface area contributed by atoms with Crippen molar-refractivity contribution < 1.29 is 45.4 Å². The van der Waals surface area contributed by atoms with Crippen molar-refractivity contribution in [2.75, 3.05) is 19.6 Å². The van der Waals surface area contributed by atoms with Crippen LogP contribution in [0, 0.1) is 24.6 Å². The summed E-state index contributed by atoms with van der Waals surface area (Å²) < 4.78 is 103. The summed E-state index contributed by atoms with van der Waals surface area (Å²) in [7, 11) is 0. The molecule has 3 aromatic rings. The predicted molar refractivity (Wildman–Crippen MR) is 167 cm³/mol. The van der Waals surface area contributed by atoms with Gasteiger partial charge in [-0.1, -0.05) is 36.4 Å². The number of hydrogen-bond donors (Lipinski definition) is 1. The van der Waals surface area contributed by atoms with Gasteiger partial charge in [0.1, 0.15) is 12.0 Å². The molecule has 3 aliphatic rings. The first-order valence-corrected chi connectivity index (χ1v) is 16.2. The maximum Gasteiger partial charge on any atom is 0.416 e. The van der Waals surface area contributed by atoms with Gasteiger partial charge in [0.25, 0.3) is 0 Å². The number of ketones is 1. The fraction of sp³-hybridized carbons (Fsp3) is 0.432. The van der Waals surface area contributed by atoms with Crippen molar-refractivity contribution in [1.29, 1.82) is 0 Å². The zero-order valence-electron chi connectivity index (χ0n) is 26.9. The SMILES string of the molecule is Cc1cc(F)ccc1[C@H]1[C@@H]2CN(C3=CC(=O)CN(Cc4ccccc4)C3)C(O)[C@H]2CC[C@@H]1O[C@H](C)c1cc(C(F)(F)F)cc(C(F)(F)F)c1.